The first-order valence-corrected chi connectivity index (χ1v) is 10.4. The van der Waals surface area contributed by atoms with Gasteiger partial charge < -0.3 is 4.98 Å². The molecule has 0 atom stereocenters. The molecule has 0 amide bonds. The van der Waals surface area contributed by atoms with Gasteiger partial charge >= 0.3 is 0 Å². The van der Waals surface area contributed by atoms with Crippen molar-refractivity contribution >= 4 is 45.8 Å². The summed E-state index contributed by atoms with van der Waals surface area (Å²) in [7, 11) is 0. The van der Waals surface area contributed by atoms with Crippen molar-refractivity contribution in [2.75, 3.05) is 6.26 Å². The van der Waals surface area contributed by atoms with Crippen LogP contribution in [0.4, 0.5) is 0 Å². The van der Waals surface area contributed by atoms with E-state index in [1.165, 1.54) is 23.1 Å². The molecule has 4 nitrogen and oxygen atoms in total. The van der Waals surface area contributed by atoms with Gasteiger partial charge in [-0.1, -0.05) is 83.4 Å². The second-order valence-electron chi connectivity index (χ2n) is 5.21. The van der Waals surface area contributed by atoms with Gasteiger partial charge in [-0.05, 0) is 17.9 Å². The van der Waals surface area contributed by atoms with Crippen molar-refractivity contribution in [3.8, 4) is 11.1 Å². The lowest BCUT2D eigenvalue weighted by atomic mass is 10.0. The monoisotopic (exact) mass is 383 g/mol. The predicted molar refractivity (Wildman–Crippen MR) is 106 cm³/mol. The normalized spacial score (nSPS) is 11.1. The van der Waals surface area contributed by atoms with E-state index in [2.05, 4.69) is 15.2 Å². The van der Waals surface area contributed by atoms with Crippen LogP contribution >= 0.6 is 34.9 Å². The largest absolute Gasteiger partial charge is 0.321 e. The lowest BCUT2D eigenvalue weighted by Gasteiger charge is -2.11. The molecule has 0 bridgehead atoms. The molecule has 0 aliphatic heterocycles. The molecule has 0 saturated heterocycles. The number of aromatic amines is 1. The molecule has 2 aromatic heterocycles. The minimum Gasteiger partial charge on any atom is -0.321 e. The number of aromatic nitrogens is 3. The molecule has 0 spiro atoms. The Morgan fingerprint density at radius 3 is 2.44 bits per heavy atom. The summed E-state index contributed by atoms with van der Waals surface area (Å²) in [4.78, 5) is 16.4. The van der Waals surface area contributed by atoms with Gasteiger partial charge in [0.1, 0.15) is 0 Å². The lowest BCUT2D eigenvalue weighted by Crippen LogP contribution is -2.10. The Bertz CT molecular complexity index is 1090. The Kier molecular flexibility index (Phi) is 4.61. The predicted octanol–water partition coefficient (Wildman–Crippen LogP) is 4.92. The highest BCUT2D eigenvalue weighted by molar-refractivity contribution is 8.03. The number of para-hydroxylation sites is 1. The van der Waals surface area contributed by atoms with Gasteiger partial charge in [-0.3, -0.25) is 4.79 Å². The van der Waals surface area contributed by atoms with Crippen LogP contribution in [0.3, 0.4) is 0 Å². The molecule has 0 saturated carbocycles. The molecule has 4 aromatic rings. The first-order chi connectivity index (χ1) is 12.3. The topological polar surface area (TPSA) is 58.6 Å². The number of pyridine rings is 1. The minimum atomic E-state index is -0.108. The zero-order chi connectivity index (χ0) is 17.2. The molecular weight excluding hydrogens is 370 g/mol. The number of rotatable bonds is 4. The smallest absolute Gasteiger partial charge is 0.263 e. The number of fused-ring (bicyclic) bond motifs is 1. The summed E-state index contributed by atoms with van der Waals surface area (Å²) in [5.41, 5.74) is 2.67. The summed E-state index contributed by atoms with van der Waals surface area (Å²) >= 11 is 4.42. The molecule has 1 N–H and O–H groups in total. The van der Waals surface area contributed by atoms with E-state index in [4.69, 9.17) is 0 Å². The van der Waals surface area contributed by atoms with E-state index in [9.17, 15) is 4.79 Å². The number of thioether (sulfide) groups is 1. The van der Waals surface area contributed by atoms with E-state index in [1.807, 2.05) is 60.9 Å². The highest BCUT2D eigenvalue weighted by Crippen LogP contribution is 2.39. The van der Waals surface area contributed by atoms with Crippen LogP contribution in [0.1, 0.15) is 0 Å². The second kappa shape index (κ2) is 7.03. The third-order valence-corrected chi connectivity index (χ3v) is 6.74. The van der Waals surface area contributed by atoms with Crippen molar-refractivity contribution in [2.45, 2.75) is 13.6 Å². The number of hydrogen-bond donors (Lipinski definition) is 1. The van der Waals surface area contributed by atoms with Crippen molar-refractivity contribution in [1.82, 2.24) is 15.2 Å². The number of hydrogen-bond acceptors (Lipinski definition) is 6. The summed E-state index contributed by atoms with van der Waals surface area (Å²) in [6.07, 6.45) is 1.97. The highest BCUT2D eigenvalue weighted by atomic mass is 32.2. The molecule has 0 fully saturated rings. The van der Waals surface area contributed by atoms with Crippen molar-refractivity contribution in [3.05, 3.63) is 65.0 Å². The van der Waals surface area contributed by atoms with Crippen LogP contribution in [0.15, 0.2) is 73.0 Å². The van der Waals surface area contributed by atoms with Crippen LogP contribution in [0.5, 0.6) is 0 Å². The Labute approximate surface area is 156 Å². The Morgan fingerprint density at radius 1 is 0.960 bits per heavy atom. The van der Waals surface area contributed by atoms with E-state index >= 15 is 0 Å². The molecule has 25 heavy (non-hydrogen) atoms. The lowest BCUT2D eigenvalue weighted by molar-refractivity contribution is 0.955. The molecule has 2 aromatic carbocycles. The fourth-order valence-corrected chi connectivity index (χ4v) is 5.17. The van der Waals surface area contributed by atoms with E-state index in [-0.39, 0.29) is 5.56 Å². The summed E-state index contributed by atoms with van der Waals surface area (Å²) in [5, 5.41) is 9.34. The van der Waals surface area contributed by atoms with Crippen molar-refractivity contribution in [1.29, 1.82) is 0 Å². The molecule has 0 unspecified atom stereocenters. The Morgan fingerprint density at radius 2 is 1.68 bits per heavy atom. The maximum absolute atomic E-state index is 12.8. The first kappa shape index (κ1) is 16.4. The number of nitrogens with one attached hydrogen (secondary N) is 1. The van der Waals surface area contributed by atoms with Crippen molar-refractivity contribution in [3.63, 3.8) is 0 Å². The van der Waals surface area contributed by atoms with Crippen LogP contribution in [-0.4, -0.2) is 21.4 Å². The number of H-pyrrole nitrogens is 1. The fraction of sp³-hybridized carbons (Fsp3) is 0.0556. The first-order valence-electron chi connectivity index (χ1n) is 7.52. The molecule has 0 aliphatic rings. The fourth-order valence-electron chi connectivity index (χ4n) is 2.62. The highest BCUT2D eigenvalue weighted by Gasteiger charge is 2.17. The average Bonchev–Trinajstić information content (AvgIpc) is 3.11. The van der Waals surface area contributed by atoms with Gasteiger partial charge in [-0.15, -0.1) is 10.2 Å². The van der Waals surface area contributed by atoms with Gasteiger partial charge in [-0.25, -0.2) is 0 Å². The van der Waals surface area contributed by atoms with Gasteiger partial charge in [-0.2, -0.15) is 0 Å². The molecule has 124 valence electrons. The molecule has 4 rings (SSSR count). The Hall–Kier alpha value is -2.09. The summed E-state index contributed by atoms with van der Waals surface area (Å²) in [6, 6.07) is 17.9. The zero-order valence-electron chi connectivity index (χ0n) is 13.2. The summed E-state index contributed by atoms with van der Waals surface area (Å²) in [6.45, 7) is 0. The van der Waals surface area contributed by atoms with Gasteiger partial charge in [0, 0.05) is 16.5 Å². The molecule has 7 heteroatoms. The van der Waals surface area contributed by atoms with E-state index in [0.717, 1.165) is 30.7 Å². The van der Waals surface area contributed by atoms with E-state index in [0.29, 0.717) is 4.90 Å². The van der Waals surface area contributed by atoms with E-state index < -0.39 is 0 Å². The van der Waals surface area contributed by atoms with Gasteiger partial charge in [0.15, 0.2) is 8.68 Å². The molecule has 0 aliphatic carbocycles. The van der Waals surface area contributed by atoms with Crippen LogP contribution in [0.2, 0.25) is 0 Å². The van der Waals surface area contributed by atoms with Gasteiger partial charge in [0.2, 0.25) is 0 Å². The third kappa shape index (κ3) is 3.22. The standard InChI is InChI=1S/C18H13N3OS3/c1-23-17-20-21-18(25-17)24-15-14(11-7-3-2-4-8-11)12-9-5-6-10-13(12)19-16(15)22/h2-10H,1H3,(H,19,22). The average molecular weight is 384 g/mol. The molecule has 2 heterocycles. The van der Waals surface area contributed by atoms with Crippen LogP contribution in [-0.2, 0) is 0 Å². The van der Waals surface area contributed by atoms with Crippen molar-refractivity contribution < 1.29 is 0 Å². The SMILES string of the molecule is CSc1nnc(Sc2c(-c3ccccc3)c3ccccc3[nH]c2=O)s1. The minimum absolute atomic E-state index is 0.108. The number of nitrogens with zero attached hydrogens (tertiary/aromatic N) is 2. The van der Waals surface area contributed by atoms with Gasteiger partial charge in [0.05, 0.1) is 4.90 Å². The van der Waals surface area contributed by atoms with Crippen LogP contribution in [0, 0.1) is 0 Å². The zero-order valence-corrected chi connectivity index (χ0v) is 15.7. The Balaban J connectivity index is 1.96. The second-order valence-corrected chi connectivity index (χ2v) is 8.50. The van der Waals surface area contributed by atoms with E-state index in [1.54, 1.807) is 11.8 Å². The summed E-state index contributed by atoms with van der Waals surface area (Å²) < 4.78 is 1.66. The quantitative estimate of drug-likeness (QED) is 0.507. The molecule has 0 radical (unpaired) electrons. The summed E-state index contributed by atoms with van der Waals surface area (Å²) in [5.74, 6) is 0. The maximum atomic E-state index is 12.8. The number of benzene rings is 2. The van der Waals surface area contributed by atoms with Gasteiger partial charge in [0.25, 0.3) is 5.56 Å². The van der Waals surface area contributed by atoms with Crippen LogP contribution < -0.4 is 5.56 Å². The molecular formula is C18H13N3OS3. The van der Waals surface area contributed by atoms with Crippen LogP contribution in [0.25, 0.3) is 22.0 Å². The maximum Gasteiger partial charge on any atom is 0.263 e. The van der Waals surface area contributed by atoms with Crippen molar-refractivity contribution in [2.24, 2.45) is 0 Å². The third-order valence-electron chi connectivity index (χ3n) is 3.69.